The summed E-state index contributed by atoms with van der Waals surface area (Å²) in [5.74, 6) is -0.788. The number of rotatable bonds is 4. The van der Waals surface area contributed by atoms with Gasteiger partial charge in [0.15, 0.2) is 11.6 Å². The second-order valence-electron chi connectivity index (χ2n) is 5.24. The number of benzene rings is 1. The first-order chi connectivity index (χ1) is 8.75. The fraction of sp³-hybridized carbons (Fsp3) is 0.600. The summed E-state index contributed by atoms with van der Waals surface area (Å²) in [6.45, 7) is 1.60. The fourth-order valence-electron chi connectivity index (χ4n) is 2.64. The van der Waals surface area contributed by atoms with Crippen LogP contribution in [0.2, 0.25) is 0 Å². The normalized spacial score (nSPS) is 17.7. The lowest BCUT2D eigenvalue weighted by atomic mass is 10.0. The van der Waals surface area contributed by atoms with E-state index in [2.05, 4.69) is 5.32 Å². The van der Waals surface area contributed by atoms with Gasteiger partial charge in [-0.1, -0.05) is 31.7 Å². The average molecular weight is 253 g/mol. The van der Waals surface area contributed by atoms with E-state index in [0.29, 0.717) is 6.54 Å². The maximum atomic E-state index is 13.0. The number of halogens is 2. The molecule has 1 nitrogen and oxygen atoms in total. The van der Waals surface area contributed by atoms with Crippen molar-refractivity contribution >= 4 is 0 Å². The highest BCUT2D eigenvalue weighted by molar-refractivity contribution is 5.17. The molecule has 1 aromatic carbocycles. The van der Waals surface area contributed by atoms with Crippen molar-refractivity contribution in [3.8, 4) is 0 Å². The number of nitrogens with one attached hydrogen (secondary N) is 1. The van der Waals surface area contributed by atoms with Crippen molar-refractivity contribution in [3.63, 3.8) is 0 Å². The summed E-state index contributed by atoms with van der Waals surface area (Å²) in [4.78, 5) is 0. The minimum atomic E-state index is -0.775. The van der Waals surface area contributed by atoms with Crippen LogP contribution in [0.4, 0.5) is 8.78 Å². The van der Waals surface area contributed by atoms with E-state index < -0.39 is 11.6 Å². The van der Waals surface area contributed by atoms with Crippen LogP contribution in [0.25, 0.3) is 0 Å². The monoisotopic (exact) mass is 253 g/mol. The Morgan fingerprint density at radius 3 is 2.39 bits per heavy atom. The zero-order valence-electron chi connectivity index (χ0n) is 10.7. The third-order valence-electron chi connectivity index (χ3n) is 3.72. The second kappa shape index (κ2) is 6.83. The van der Waals surface area contributed by atoms with E-state index in [1.165, 1.54) is 50.7 Å². The van der Waals surface area contributed by atoms with Gasteiger partial charge in [0.05, 0.1) is 0 Å². The molecule has 0 amide bonds. The largest absolute Gasteiger partial charge is 0.312 e. The van der Waals surface area contributed by atoms with Crippen molar-refractivity contribution in [2.75, 3.05) is 6.54 Å². The summed E-state index contributed by atoms with van der Waals surface area (Å²) in [6.07, 6.45) is 7.98. The Hall–Kier alpha value is -0.960. The van der Waals surface area contributed by atoms with Gasteiger partial charge in [-0.25, -0.2) is 8.78 Å². The Kier molecular flexibility index (Phi) is 5.12. The van der Waals surface area contributed by atoms with Crippen molar-refractivity contribution in [2.24, 2.45) is 5.92 Å². The highest BCUT2D eigenvalue weighted by Crippen LogP contribution is 2.22. The molecule has 0 bridgehead atoms. The highest BCUT2D eigenvalue weighted by atomic mass is 19.2. The molecule has 18 heavy (non-hydrogen) atoms. The summed E-state index contributed by atoms with van der Waals surface area (Å²) in [5, 5.41) is 3.36. The maximum Gasteiger partial charge on any atom is 0.159 e. The van der Waals surface area contributed by atoms with Crippen molar-refractivity contribution in [1.29, 1.82) is 0 Å². The number of hydrogen-bond donors (Lipinski definition) is 1. The molecule has 1 aliphatic rings. The standard InChI is InChI=1S/C15H21F2N/c16-14-8-7-13(9-15(14)17)11-18-10-12-5-3-1-2-4-6-12/h7-9,12,18H,1-6,10-11H2. The molecule has 100 valence electrons. The fourth-order valence-corrected chi connectivity index (χ4v) is 2.64. The van der Waals surface area contributed by atoms with E-state index in [-0.39, 0.29) is 0 Å². The molecule has 1 aliphatic carbocycles. The third-order valence-corrected chi connectivity index (χ3v) is 3.72. The van der Waals surface area contributed by atoms with Gasteiger partial charge >= 0.3 is 0 Å². The maximum absolute atomic E-state index is 13.0. The van der Waals surface area contributed by atoms with Crippen LogP contribution in [0.15, 0.2) is 18.2 Å². The lowest BCUT2D eigenvalue weighted by molar-refractivity contribution is 0.424. The molecular weight excluding hydrogens is 232 g/mol. The van der Waals surface area contributed by atoms with Crippen LogP contribution in [0, 0.1) is 17.6 Å². The van der Waals surface area contributed by atoms with Crippen LogP contribution < -0.4 is 5.32 Å². The quantitative estimate of drug-likeness (QED) is 0.799. The van der Waals surface area contributed by atoms with Gasteiger partial charge in [-0.15, -0.1) is 0 Å². The van der Waals surface area contributed by atoms with Gasteiger partial charge in [0.25, 0.3) is 0 Å². The van der Waals surface area contributed by atoms with Crippen molar-refractivity contribution in [3.05, 3.63) is 35.4 Å². The van der Waals surface area contributed by atoms with Gasteiger partial charge in [0, 0.05) is 6.54 Å². The zero-order valence-corrected chi connectivity index (χ0v) is 10.7. The van der Waals surface area contributed by atoms with Crippen LogP contribution in [0.1, 0.15) is 44.1 Å². The lowest BCUT2D eigenvalue weighted by Crippen LogP contribution is -2.22. The Balaban J connectivity index is 1.75. The smallest absolute Gasteiger partial charge is 0.159 e. The van der Waals surface area contributed by atoms with Crippen molar-refractivity contribution in [2.45, 2.75) is 45.1 Å². The van der Waals surface area contributed by atoms with Crippen LogP contribution in [0.5, 0.6) is 0 Å². The Bertz CT molecular complexity index is 371. The molecule has 0 atom stereocenters. The zero-order chi connectivity index (χ0) is 12.8. The van der Waals surface area contributed by atoms with E-state index >= 15 is 0 Å². The van der Waals surface area contributed by atoms with Crippen LogP contribution in [-0.4, -0.2) is 6.54 Å². The molecule has 0 heterocycles. The van der Waals surface area contributed by atoms with Crippen LogP contribution in [0.3, 0.4) is 0 Å². The molecule has 0 aliphatic heterocycles. The topological polar surface area (TPSA) is 12.0 Å². The molecule has 1 fully saturated rings. The summed E-state index contributed by atoms with van der Waals surface area (Å²) in [6, 6.07) is 4.10. The first-order valence-corrected chi connectivity index (χ1v) is 6.90. The van der Waals surface area contributed by atoms with Gasteiger partial charge in [-0.05, 0) is 43.0 Å². The molecule has 0 saturated heterocycles. The van der Waals surface area contributed by atoms with Crippen molar-refractivity contribution in [1.82, 2.24) is 5.32 Å². The first kappa shape index (κ1) is 13.5. The Morgan fingerprint density at radius 2 is 1.72 bits per heavy atom. The van der Waals surface area contributed by atoms with Gasteiger partial charge in [-0.2, -0.15) is 0 Å². The van der Waals surface area contributed by atoms with Gasteiger partial charge < -0.3 is 5.32 Å². The molecular formula is C15H21F2N. The highest BCUT2D eigenvalue weighted by Gasteiger charge is 2.11. The summed E-state index contributed by atoms with van der Waals surface area (Å²) in [5.41, 5.74) is 0.808. The third kappa shape index (κ3) is 4.05. The molecule has 0 spiro atoms. The molecule has 1 saturated carbocycles. The van der Waals surface area contributed by atoms with Gasteiger partial charge in [0.1, 0.15) is 0 Å². The SMILES string of the molecule is Fc1ccc(CNCC2CCCCCC2)cc1F. The Labute approximate surface area is 108 Å². The molecule has 0 radical (unpaired) electrons. The van der Waals surface area contributed by atoms with E-state index in [9.17, 15) is 8.78 Å². The summed E-state index contributed by atoms with van der Waals surface area (Å²) in [7, 11) is 0. The number of hydrogen-bond acceptors (Lipinski definition) is 1. The van der Waals surface area contributed by atoms with Gasteiger partial charge in [-0.3, -0.25) is 0 Å². The molecule has 3 heteroatoms. The van der Waals surface area contributed by atoms with Crippen LogP contribution in [-0.2, 0) is 6.54 Å². The molecule has 1 N–H and O–H groups in total. The predicted octanol–water partition coefficient (Wildman–Crippen LogP) is 4.02. The van der Waals surface area contributed by atoms with Crippen molar-refractivity contribution < 1.29 is 8.78 Å². The average Bonchev–Trinajstić information content (AvgIpc) is 2.62. The van der Waals surface area contributed by atoms with Crippen LogP contribution >= 0.6 is 0 Å². The van der Waals surface area contributed by atoms with E-state index in [0.717, 1.165) is 18.0 Å². The van der Waals surface area contributed by atoms with E-state index in [1.54, 1.807) is 6.07 Å². The molecule has 0 unspecified atom stereocenters. The van der Waals surface area contributed by atoms with E-state index in [1.807, 2.05) is 0 Å². The Morgan fingerprint density at radius 1 is 1.00 bits per heavy atom. The first-order valence-electron chi connectivity index (χ1n) is 6.90. The lowest BCUT2D eigenvalue weighted by Gasteiger charge is -2.14. The minimum absolute atomic E-state index is 0.619. The van der Waals surface area contributed by atoms with E-state index in [4.69, 9.17) is 0 Å². The summed E-state index contributed by atoms with van der Waals surface area (Å²) < 4.78 is 25.8. The van der Waals surface area contributed by atoms with Gasteiger partial charge in [0.2, 0.25) is 0 Å². The summed E-state index contributed by atoms with van der Waals surface area (Å²) >= 11 is 0. The molecule has 1 aromatic rings. The molecule has 0 aromatic heterocycles. The minimum Gasteiger partial charge on any atom is -0.312 e. The molecule has 2 rings (SSSR count). The second-order valence-corrected chi connectivity index (χ2v) is 5.24. The predicted molar refractivity (Wildman–Crippen MR) is 69.3 cm³/mol.